The van der Waals surface area contributed by atoms with E-state index < -0.39 is 0 Å². The van der Waals surface area contributed by atoms with E-state index in [9.17, 15) is 0 Å². The molecule has 2 heterocycles. The maximum Gasteiger partial charge on any atom is 0.164 e. The average molecular weight is 268 g/mol. The highest BCUT2D eigenvalue weighted by Crippen LogP contribution is 2.56. The number of rotatable bonds is 1. The molecule has 0 saturated heterocycles. The van der Waals surface area contributed by atoms with Crippen molar-refractivity contribution in [2.45, 2.75) is 51.1 Å². The van der Waals surface area contributed by atoms with Crippen LogP contribution in [-0.2, 0) is 5.54 Å². The van der Waals surface area contributed by atoms with E-state index in [-0.39, 0.29) is 11.6 Å². The van der Waals surface area contributed by atoms with Crippen molar-refractivity contribution in [2.24, 2.45) is 0 Å². The lowest BCUT2D eigenvalue weighted by Gasteiger charge is -2.40. The molecular formula is C17H20N2O. The lowest BCUT2D eigenvalue weighted by atomic mass is 9.90. The van der Waals surface area contributed by atoms with Gasteiger partial charge >= 0.3 is 0 Å². The number of aryl methyl sites for hydroxylation is 1. The van der Waals surface area contributed by atoms with Gasteiger partial charge in [0.15, 0.2) is 5.76 Å². The highest BCUT2D eigenvalue weighted by atomic mass is 16.5. The first-order valence-electron chi connectivity index (χ1n) is 7.54. The summed E-state index contributed by atoms with van der Waals surface area (Å²) in [6.07, 6.45) is 6.95. The molecule has 1 saturated carbocycles. The Balaban J connectivity index is 1.91. The molecule has 0 radical (unpaired) electrons. The Kier molecular flexibility index (Phi) is 2.47. The molecular weight excluding hydrogens is 248 g/mol. The molecule has 1 aromatic heterocycles. The van der Waals surface area contributed by atoms with E-state index in [2.05, 4.69) is 48.2 Å². The molecule has 1 fully saturated rings. The van der Waals surface area contributed by atoms with E-state index in [1.807, 2.05) is 6.20 Å². The quantitative estimate of drug-likeness (QED) is 0.770. The van der Waals surface area contributed by atoms with Gasteiger partial charge in [0.1, 0.15) is 0 Å². The maximum atomic E-state index is 5.57. The Morgan fingerprint density at radius 1 is 1.25 bits per heavy atom. The second-order valence-electron chi connectivity index (χ2n) is 6.17. The number of benzene rings is 1. The smallest absolute Gasteiger partial charge is 0.164 e. The Morgan fingerprint density at radius 2 is 2.00 bits per heavy atom. The Hall–Kier alpha value is -1.77. The van der Waals surface area contributed by atoms with Crippen molar-refractivity contribution in [1.82, 2.24) is 5.16 Å². The van der Waals surface area contributed by atoms with Gasteiger partial charge in [0.25, 0.3) is 0 Å². The van der Waals surface area contributed by atoms with Crippen molar-refractivity contribution in [3.63, 3.8) is 0 Å². The monoisotopic (exact) mass is 268 g/mol. The summed E-state index contributed by atoms with van der Waals surface area (Å²) in [5, 5.41) is 4.06. The lowest BCUT2D eigenvalue weighted by molar-refractivity contribution is 0.353. The summed E-state index contributed by atoms with van der Waals surface area (Å²) in [5.41, 5.74) is 4.11. The Morgan fingerprint density at radius 3 is 2.75 bits per heavy atom. The third-order valence-electron chi connectivity index (χ3n) is 5.13. The van der Waals surface area contributed by atoms with Crippen LogP contribution in [0.25, 0.3) is 0 Å². The fourth-order valence-electron chi connectivity index (χ4n) is 4.26. The number of fused-ring (bicyclic) bond motifs is 2. The first-order chi connectivity index (χ1) is 9.74. The lowest BCUT2D eigenvalue weighted by Crippen LogP contribution is -2.40. The van der Waals surface area contributed by atoms with E-state index in [1.165, 1.54) is 42.5 Å². The zero-order chi connectivity index (χ0) is 13.7. The SMILES string of the molecule is Cc1ccccc1N1[C@@H](C)c2oncc2C12CCCC2. The maximum absolute atomic E-state index is 5.57. The minimum absolute atomic E-state index is 0.112. The van der Waals surface area contributed by atoms with Crippen molar-refractivity contribution < 1.29 is 4.52 Å². The first kappa shape index (κ1) is 12.0. The van der Waals surface area contributed by atoms with Crippen LogP contribution in [0.2, 0.25) is 0 Å². The molecule has 20 heavy (non-hydrogen) atoms. The van der Waals surface area contributed by atoms with Gasteiger partial charge in [-0.2, -0.15) is 0 Å². The molecule has 1 aliphatic heterocycles. The van der Waals surface area contributed by atoms with Crippen LogP contribution in [0.15, 0.2) is 35.0 Å². The number of hydrogen-bond acceptors (Lipinski definition) is 3. The second kappa shape index (κ2) is 4.11. The summed E-state index contributed by atoms with van der Waals surface area (Å²) in [6.45, 7) is 4.44. The molecule has 0 bridgehead atoms. The molecule has 104 valence electrons. The van der Waals surface area contributed by atoms with Crippen molar-refractivity contribution in [2.75, 3.05) is 4.90 Å². The highest BCUT2D eigenvalue weighted by Gasteiger charge is 2.53. The predicted molar refractivity (Wildman–Crippen MR) is 78.7 cm³/mol. The van der Waals surface area contributed by atoms with E-state index in [0.29, 0.717) is 0 Å². The van der Waals surface area contributed by atoms with E-state index in [4.69, 9.17) is 4.52 Å². The number of aromatic nitrogens is 1. The van der Waals surface area contributed by atoms with Gasteiger partial charge in [-0.05, 0) is 38.3 Å². The van der Waals surface area contributed by atoms with E-state index in [1.54, 1.807) is 0 Å². The van der Waals surface area contributed by atoms with E-state index in [0.717, 1.165) is 5.76 Å². The van der Waals surface area contributed by atoms with Gasteiger partial charge in [-0.1, -0.05) is 36.2 Å². The fourth-order valence-corrected chi connectivity index (χ4v) is 4.26. The van der Waals surface area contributed by atoms with Gasteiger partial charge < -0.3 is 9.42 Å². The first-order valence-corrected chi connectivity index (χ1v) is 7.54. The highest BCUT2D eigenvalue weighted by molar-refractivity contribution is 5.62. The predicted octanol–water partition coefficient (Wildman–Crippen LogP) is 4.33. The molecule has 0 N–H and O–H groups in total. The topological polar surface area (TPSA) is 29.3 Å². The molecule has 3 heteroatoms. The van der Waals surface area contributed by atoms with Gasteiger partial charge in [0.05, 0.1) is 17.8 Å². The molecule has 0 unspecified atom stereocenters. The zero-order valence-electron chi connectivity index (χ0n) is 12.1. The van der Waals surface area contributed by atoms with Crippen LogP contribution in [0.1, 0.15) is 55.5 Å². The average Bonchev–Trinajstić information content (AvgIpc) is 3.12. The largest absolute Gasteiger partial charge is 0.359 e. The van der Waals surface area contributed by atoms with Crippen LogP contribution in [0.5, 0.6) is 0 Å². The standard InChI is InChI=1S/C17H20N2O/c1-12-7-3-4-8-15(12)19-13(2)16-14(11-18-20-16)17(19)9-5-6-10-17/h3-4,7-8,11,13H,5-6,9-10H2,1-2H3/t13-/m0/s1. The molecule has 1 aliphatic carbocycles. The van der Waals surface area contributed by atoms with Gasteiger partial charge in [-0.3, -0.25) is 0 Å². The van der Waals surface area contributed by atoms with Crippen molar-refractivity contribution in [3.8, 4) is 0 Å². The third-order valence-corrected chi connectivity index (χ3v) is 5.13. The number of anilines is 1. The van der Waals surface area contributed by atoms with Crippen LogP contribution in [0.4, 0.5) is 5.69 Å². The van der Waals surface area contributed by atoms with Gasteiger partial charge in [0, 0.05) is 11.3 Å². The number of hydrogen-bond donors (Lipinski definition) is 0. The summed E-state index contributed by atoms with van der Waals surface area (Å²) in [5.74, 6) is 1.06. The molecule has 1 atom stereocenters. The molecule has 4 rings (SSSR count). The van der Waals surface area contributed by atoms with Crippen molar-refractivity contribution >= 4 is 5.69 Å². The van der Waals surface area contributed by atoms with Crippen LogP contribution >= 0.6 is 0 Å². The Labute approximate surface area is 119 Å². The summed E-state index contributed by atoms with van der Waals surface area (Å²) < 4.78 is 5.57. The molecule has 1 aromatic carbocycles. The van der Waals surface area contributed by atoms with Gasteiger partial charge in [-0.25, -0.2) is 0 Å². The fraction of sp³-hybridized carbons (Fsp3) is 0.471. The van der Waals surface area contributed by atoms with Crippen molar-refractivity contribution in [3.05, 3.63) is 47.3 Å². The molecule has 2 aromatic rings. The van der Waals surface area contributed by atoms with Gasteiger partial charge in [0.2, 0.25) is 0 Å². The second-order valence-corrected chi connectivity index (χ2v) is 6.17. The molecule has 3 nitrogen and oxygen atoms in total. The van der Waals surface area contributed by atoms with Gasteiger partial charge in [-0.15, -0.1) is 0 Å². The summed E-state index contributed by atoms with van der Waals surface area (Å²) in [7, 11) is 0. The van der Waals surface area contributed by atoms with Crippen LogP contribution in [0, 0.1) is 6.92 Å². The summed E-state index contributed by atoms with van der Waals surface area (Å²) in [6, 6.07) is 8.95. The van der Waals surface area contributed by atoms with Crippen LogP contribution < -0.4 is 4.90 Å². The van der Waals surface area contributed by atoms with E-state index >= 15 is 0 Å². The minimum atomic E-state index is 0.112. The molecule has 2 aliphatic rings. The normalized spacial score (nSPS) is 23.5. The summed E-state index contributed by atoms with van der Waals surface area (Å²) in [4.78, 5) is 2.59. The zero-order valence-corrected chi connectivity index (χ0v) is 12.1. The summed E-state index contributed by atoms with van der Waals surface area (Å²) >= 11 is 0. The molecule has 0 amide bonds. The number of para-hydroxylation sites is 1. The Bertz CT molecular complexity index is 640. The van der Waals surface area contributed by atoms with Crippen LogP contribution in [0.3, 0.4) is 0 Å². The van der Waals surface area contributed by atoms with Crippen LogP contribution in [-0.4, -0.2) is 5.16 Å². The number of nitrogens with zero attached hydrogens (tertiary/aromatic N) is 2. The molecule has 1 spiro atoms. The third kappa shape index (κ3) is 1.38. The minimum Gasteiger partial charge on any atom is -0.359 e. The van der Waals surface area contributed by atoms with Crippen molar-refractivity contribution in [1.29, 1.82) is 0 Å².